The number of pyridine rings is 2. The molecule has 0 aliphatic carbocycles. The standard InChI is InChI=1S/C19H23N3O2.3C2HF3O2/c1-3-16(9-20-6-1)11-22-14-19(15-22)18(5-8-24-19)13-23-12-17-4-2-7-21-10-17;3*3-2(4,5)1(6)7/h1-4,6-7,9-10,18H,5,8,11-15H2;3*(H,6,7). The Morgan fingerprint density at radius 1 is 0.822 bits per heavy atom. The van der Waals surface area contributed by atoms with Gasteiger partial charge in [0.1, 0.15) is 0 Å². The number of alkyl halides is 9. The second-order valence-electron chi connectivity index (χ2n) is 9.19. The smallest absolute Gasteiger partial charge is 0.475 e. The highest BCUT2D eigenvalue weighted by Crippen LogP contribution is 2.40. The van der Waals surface area contributed by atoms with Gasteiger partial charge in [-0.1, -0.05) is 12.1 Å². The second-order valence-corrected chi connectivity index (χ2v) is 9.19. The molecule has 4 rings (SSSR count). The van der Waals surface area contributed by atoms with Crippen LogP contribution in [0.25, 0.3) is 0 Å². The minimum Gasteiger partial charge on any atom is -0.475 e. The van der Waals surface area contributed by atoms with Gasteiger partial charge in [0.2, 0.25) is 0 Å². The van der Waals surface area contributed by atoms with Gasteiger partial charge in [0.15, 0.2) is 0 Å². The number of nitrogens with zero attached hydrogens (tertiary/aromatic N) is 3. The number of hydrogen-bond acceptors (Lipinski definition) is 8. The first-order chi connectivity index (χ1) is 20.7. The molecule has 2 aromatic heterocycles. The van der Waals surface area contributed by atoms with Crippen LogP contribution >= 0.6 is 0 Å². The number of rotatable bonds is 6. The monoisotopic (exact) mass is 667 g/mol. The number of hydrogen-bond donors (Lipinski definition) is 3. The zero-order valence-electron chi connectivity index (χ0n) is 22.8. The van der Waals surface area contributed by atoms with Gasteiger partial charge in [0.05, 0.1) is 18.8 Å². The maximum Gasteiger partial charge on any atom is 0.490 e. The SMILES string of the molecule is O=C(O)C(F)(F)F.O=C(O)C(F)(F)F.O=C(O)C(F)(F)F.c1cncc(COCC2CCOC23CN(Cc2cccnc2)C3)c1. The Kier molecular flexibility index (Phi) is 14.6. The third kappa shape index (κ3) is 14.5. The summed E-state index contributed by atoms with van der Waals surface area (Å²) in [7, 11) is 0. The van der Waals surface area contributed by atoms with Crippen molar-refractivity contribution in [2.75, 3.05) is 26.3 Å². The number of carboxylic acids is 3. The van der Waals surface area contributed by atoms with Crippen molar-refractivity contribution in [2.45, 2.75) is 43.7 Å². The summed E-state index contributed by atoms with van der Waals surface area (Å²) in [6, 6.07) is 8.11. The third-order valence-corrected chi connectivity index (χ3v) is 5.75. The van der Waals surface area contributed by atoms with Crippen molar-refractivity contribution in [1.82, 2.24) is 14.9 Å². The van der Waals surface area contributed by atoms with Crippen LogP contribution in [-0.2, 0) is 37.0 Å². The lowest BCUT2D eigenvalue weighted by atomic mass is 9.81. The Labute approximate surface area is 248 Å². The molecule has 0 aromatic carbocycles. The Balaban J connectivity index is 0.000000396. The maximum atomic E-state index is 10.6. The molecule has 11 nitrogen and oxygen atoms in total. The highest BCUT2D eigenvalue weighted by molar-refractivity contribution is 5.73. The van der Waals surface area contributed by atoms with Crippen molar-refractivity contribution < 1.29 is 78.7 Å². The highest BCUT2D eigenvalue weighted by atomic mass is 19.4. The number of likely N-dealkylation sites (tertiary alicyclic amines) is 1. The summed E-state index contributed by atoms with van der Waals surface area (Å²) in [6.45, 7) is 5.16. The third-order valence-electron chi connectivity index (χ3n) is 5.75. The van der Waals surface area contributed by atoms with E-state index in [1.807, 2.05) is 36.8 Å². The van der Waals surface area contributed by atoms with Crippen molar-refractivity contribution in [2.24, 2.45) is 5.92 Å². The Bertz CT molecular complexity index is 1150. The van der Waals surface area contributed by atoms with Gasteiger partial charge >= 0.3 is 36.4 Å². The lowest BCUT2D eigenvalue weighted by molar-refractivity contribution is -0.193. The van der Waals surface area contributed by atoms with Crippen molar-refractivity contribution in [3.05, 3.63) is 60.2 Å². The van der Waals surface area contributed by atoms with Crippen LogP contribution < -0.4 is 0 Å². The van der Waals surface area contributed by atoms with Gasteiger partial charge in [-0.3, -0.25) is 14.9 Å². The topological polar surface area (TPSA) is 159 Å². The van der Waals surface area contributed by atoms with Crippen LogP contribution in [0.4, 0.5) is 39.5 Å². The van der Waals surface area contributed by atoms with E-state index >= 15 is 0 Å². The van der Waals surface area contributed by atoms with E-state index in [1.54, 1.807) is 6.20 Å². The van der Waals surface area contributed by atoms with E-state index in [-0.39, 0.29) is 5.60 Å². The molecule has 1 atom stereocenters. The molecule has 2 saturated heterocycles. The molecule has 0 radical (unpaired) electrons. The van der Waals surface area contributed by atoms with Crippen molar-refractivity contribution >= 4 is 17.9 Å². The fourth-order valence-corrected chi connectivity index (χ4v) is 3.74. The molecule has 0 saturated carbocycles. The van der Waals surface area contributed by atoms with Crippen LogP contribution in [0, 0.1) is 5.92 Å². The van der Waals surface area contributed by atoms with E-state index in [2.05, 4.69) is 20.9 Å². The van der Waals surface area contributed by atoms with Crippen molar-refractivity contribution in [3.63, 3.8) is 0 Å². The summed E-state index contributed by atoms with van der Waals surface area (Å²) in [6.07, 6.45) is -6.76. The van der Waals surface area contributed by atoms with E-state index in [4.69, 9.17) is 39.2 Å². The van der Waals surface area contributed by atoms with E-state index < -0.39 is 36.4 Å². The molecule has 1 unspecified atom stereocenters. The number of aliphatic carboxylic acids is 3. The molecule has 0 amide bonds. The quantitative estimate of drug-likeness (QED) is 0.380. The van der Waals surface area contributed by atoms with E-state index in [0.29, 0.717) is 12.5 Å². The van der Waals surface area contributed by atoms with Gasteiger partial charge in [-0.05, 0) is 29.7 Å². The largest absolute Gasteiger partial charge is 0.490 e. The molecule has 252 valence electrons. The summed E-state index contributed by atoms with van der Waals surface area (Å²) >= 11 is 0. The van der Waals surface area contributed by atoms with Gasteiger partial charge in [0, 0.05) is 56.9 Å². The molecule has 0 bridgehead atoms. The molecule has 1 spiro atoms. The summed E-state index contributed by atoms with van der Waals surface area (Å²) in [5, 5.41) is 21.4. The molecule has 45 heavy (non-hydrogen) atoms. The molecular formula is C25H26F9N3O8. The number of halogens is 9. The predicted octanol–water partition coefficient (Wildman–Crippen LogP) is 4.18. The molecule has 20 heteroatoms. The highest BCUT2D eigenvalue weighted by Gasteiger charge is 2.52. The van der Waals surface area contributed by atoms with Gasteiger partial charge in [0.25, 0.3) is 0 Å². The van der Waals surface area contributed by atoms with E-state index in [1.165, 1.54) is 5.56 Å². The van der Waals surface area contributed by atoms with Crippen molar-refractivity contribution in [1.29, 1.82) is 0 Å². The van der Waals surface area contributed by atoms with Crippen LogP contribution in [-0.4, -0.2) is 98.5 Å². The number of carboxylic acid groups (broad SMARTS) is 3. The first kappa shape index (κ1) is 39.0. The average molecular weight is 667 g/mol. The molecule has 2 aliphatic rings. The summed E-state index contributed by atoms with van der Waals surface area (Å²) in [5.74, 6) is -7.79. The predicted molar refractivity (Wildman–Crippen MR) is 131 cm³/mol. The average Bonchev–Trinajstić information content (AvgIpc) is 3.33. The molecule has 3 N–H and O–H groups in total. The van der Waals surface area contributed by atoms with Gasteiger partial charge in [-0.2, -0.15) is 39.5 Å². The zero-order chi connectivity index (χ0) is 34.5. The van der Waals surface area contributed by atoms with E-state index in [0.717, 1.165) is 44.8 Å². The minimum atomic E-state index is -5.08. The Morgan fingerprint density at radius 3 is 1.62 bits per heavy atom. The van der Waals surface area contributed by atoms with Crippen molar-refractivity contribution in [3.8, 4) is 0 Å². The van der Waals surface area contributed by atoms with Gasteiger partial charge in [-0.25, -0.2) is 14.4 Å². The molecular weight excluding hydrogens is 641 g/mol. The maximum absolute atomic E-state index is 10.6. The molecule has 2 aromatic rings. The Hall–Kier alpha value is -4.04. The Morgan fingerprint density at radius 2 is 1.24 bits per heavy atom. The normalized spacial score (nSPS) is 17.3. The lowest BCUT2D eigenvalue weighted by Crippen LogP contribution is -2.64. The van der Waals surface area contributed by atoms with Crippen LogP contribution in [0.3, 0.4) is 0 Å². The summed E-state index contributed by atoms with van der Waals surface area (Å²) in [5.41, 5.74) is 2.38. The van der Waals surface area contributed by atoms with Crippen LogP contribution in [0.5, 0.6) is 0 Å². The molecule has 4 heterocycles. The fraction of sp³-hybridized carbons (Fsp3) is 0.480. The van der Waals surface area contributed by atoms with Gasteiger partial charge in [-0.15, -0.1) is 0 Å². The number of aromatic nitrogens is 2. The lowest BCUT2D eigenvalue weighted by Gasteiger charge is -2.50. The van der Waals surface area contributed by atoms with Gasteiger partial charge < -0.3 is 24.8 Å². The number of carbonyl (C=O) groups is 3. The van der Waals surface area contributed by atoms with E-state index in [9.17, 15) is 39.5 Å². The first-order valence-electron chi connectivity index (χ1n) is 12.3. The van der Waals surface area contributed by atoms with Crippen LogP contribution in [0.15, 0.2) is 49.1 Å². The first-order valence-corrected chi connectivity index (χ1v) is 12.3. The van der Waals surface area contributed by atoms with Crippen LogP contribution in [0.2, 0.25) is 0 Å². The zero-order valence-corrected chi connectivity index (χ0v) is 22.8. The number of ether oxygens (including phenoxy) is 2. The second kappa shape index (κ2) is 16.9. The summed E-state index contributed by atoms with van der Waals surface area (Å²) in [4.78, 5) is 37.4. The summed E-state index contributed by atoms with van der Waals surface area (Å²) < 4.78 is 107. The minimum absolute atomic E-state index is 0.00283. The van der Waals surface area contributed by atoms with Crippen LogP contribution in [0.1, 0.15) is 17.5 Å². The fourth-order valence-electron chi connectivity index (χ4n) is 3.74. The molecule has 2 fully saturated rings. The molecule has 2 aliphatic heterocycles.